The number of methoxy groups -OCH3 is 4. The summed E-state index contributed by atoms with van der Waals surface area (Å²) < 4.78 is 21.4. The van der Waals surface area contributed by atoms with Crippen LogP contribution in [0.2, 0.25) is 0 Å². The number of ether oxygens (including phenoxy) is 4. The summed E-state index contributed by atoms with van der Waals surface area (Å²) in [7, 11) is 5.88. The number of nitrogens with one attached hydrogen (secondary N) is 1. The minimum absolute atomic E-state index is 0.0923. The fourth-order valence-corrected chi connectivity index (χ4v) is 3.53. The highest BCUT2D eigenvalue weighted by Crippen LogP contribution is 2.50. The smallest absolute Gasteiger partial charge is 0.354 e. The number of hydrogen-bond donors (Lipinski definition) is 3. The van der Waals surface area contributed by atoms with E-state index in [1.165, 1.54) is 28.4 Å². The quantitative estimate of drug-likeness (QED) is 0.593. The Hall–Kier alpha value is -2.71. The van der Waals surface area contributed by atoms with E-state index >= 15 is 0 Å². The lowest BCUT2D eigenvalue weighted by atomic mass is 9.93. The molecular formula is C20H26N2O6. The fourth-order valence-electron chi connectivity index (χ4n) is 3.53. The summed E-state index contributed by atoms with van der Waals surface area (Å²) in [5.41, 5.74) is 8.50. The lowest BCUT2D eigenvalue weighted by Crippen LogP contribution is -2.10. The van der Waals surface area contributed by atoms with Crippen LogP contribution in [0.15, 0.2) is 12.1 Å². The van der Waals surface area contributed by atoms with Gasteiger partial charge in [-0.3, -0.25) is 0 Å². The number of carbonyl (C=O) groups excluding carboxylic acids is 1. The van der Waals surface area contributed by atoms with Crippen molar-refractivity contribution in [1.29, 1.82) is 0 Å². The van der Waals surface area contributed by atoms with Gasteiger partial charge in [-0.25, -0.2) is 4.79 Å². The number of benzene rings is 1. The summed E-state index contributed by atoms with van der Waals surface area (Å²) in [4.78, 5) is 15.4. The first-order valence-electron chi connectivity index (χ1n) is 9.02. The Labute approximate surface area is 163 Å². The molecule has 1 atom stereocenters. The highest BCUT2D eigenvalue weighted by molar-refractivity contribution is 5.94. The Bertz CT molecular complexity index is 872. The number of aliphatic hydroxyl groups excluding tert-OH is 1. The molecule has 3 rings (SSSR count). The third kappa shape index (κ3) is 3.29. The number of aliphatic hydroxyl groups is 1. The van der Waals surface area contributed by atoms with Crippen LogP contribution < -0.4 is 19.9 Å². The second kappa shape index (κ2) is 8.12. The van der Waals surface area contributed by atoms with Crippen LogP contribution in [0, 0.1) is 5.92 Å². The van der Waals surface area contributed by atoms with Crippen molar-refractivity contribution in [1.82, 2.24) is 4.98 Å². The molecule has 0 radical (unpaired) electrons. The van der Waals surface area contributed by atoms with Gasteiger partial charge >= 0.3 is 5.97 Å². The van der Waals surface area contributed by atoms with Gasteiger partial charge in [0.1, 0.15) is 5.69 Å². The van der Waals surface area contributed by atoms with Crippen molar-refractivity contribution in [3.63, 3.8) is 0 Å². The Morgan fingerprint density at radius 1 is 1.18 bits per heavy atom. The lowest BCUT2D eigenvalue weighted by molar-refractivity contribution is 0.0585. The molecule has 8 nitrogen and oxygen atoms in total. The van der Waals surface area contributed by atoms with Crippen molar-refractivity contribution in [2.45, 2.75) is 25.5 Å². The van der Waals surface area contributed by atoms with E-state index in [1.54, 1.807) is 12.1 Å². The minimum atomic E-state index is -0.821. The van der Waals surface area contributed by atoms with Crippen LogP contribution in [0.4, 0.5) is 0 Å². The largest absolute Gasteiger partial charge is 0.493 e. The molecule has 0 aliphatic heterocycles. The van der Waals surface area contributed by atoms with Crippen LogP contribution in [0.1, 0.15) is 40.7 Å². The van der Waals surface area contributed by atoms with Crippen molar-refractivity contribution >= 4 is 5.97 Å². The summed E-state index contributed by atoms with van der Waals surface area (Å²) in [6, 6.07) is 3.54. The summed E-state index contributed by atoms with van der Waals surface area (Å²) in [5, 5.41) is 11.0. The van der Waals surface area contributed by atoms with E-state index in [2.05, 4.69) is 4.98 Å². The van der Waals surface area contributed by atoms with Crippen LogP contribution in [0.3, 0.4) is 0 Å². The molecule has 1 heterocycles. The molecule has 1 aromatic carbocycles. The Kier molecular flexibility index (Phi) is 5.81. The number of rotatable bonds is 8. The zero-order chi connectivity index (χ0) is 20.4. The number of nitrogens with two attached hydrogens (primary N) is 1. The second-order valence-corrected chi connectivity index (χ2v) is 6.63. The Morgan fingerprint density at radius 2 is 1.86 bits per heavy atom. The minimum Gasteiger partial charge on any atom is -0.493 e. The molecule has 1 aromatic heterocycles. The first kappa shape index (κ1) is 20.0. The van der Waals surface area contributed by atoms with E-state index in [9.17, 15) is 9.90 Å². The maximum absolute atomic E-state index is 12.4. The molecule has 2 aromatic rings. The fraction of sp³-hybridized carbons (Fsp3) is 0.450. The van der Waals surface area contributed by atoms with Gasteiger partial charge in [0.05, 0.1) is 34.5 Å². The first-order chi connectivity index (χ1) is 13.5. The van der Waals surface area contributed by atoms with Gasteiger partial charge in [-0.1, -0.05) is 0 Å². The van der Waals surface area contributed by atoms with Crippen molar-refractivity contribution in [3.05, 3.63) is 29.1 Å². The maximum Gasteiger partial charge on any atom is 0.354 e. The average Bonchev–Trinajstić information content (AvgIpc) is 3.51. The van der Waals surface area contributed by atoms with Gasteiger partial charge in [-0.2, -0.15) is 0 Å². The molecule has 1 aliphatic rings. The first-order valence-corrected chi connectivity index (χ1v) is 9.02. The molecule has 0 bridgehead atoms. The molecule has 0 spiro atoms. The third-order valence-corrected chi connectivity index (χ3v) is 5.05. The SMILES string of the molecule is COC(=O)c1[nH]c(CN)c(-c2ccc(OC)c(OC)c2OC)c1C(O)C1CC1. The van der Waals surface area contributed by atoms with Crippen LogP contribution in [0.5, 0.6) is 17.2 Å². The molecule has 8 heteroatoms. The molecule has 1 fully saturated rings. The number of H-pyrrole nitrogens is 1. The number of carbonyl (C=O) groups is 1. The zero-order valence-electron chi connectivity index (χ0n) is 16.5. The van der Waals surface area contributed by atoms with Crippen LogP contribution >= 0.6 is 0 Å². The summed E-state index contributed by atoms with van der Waals surface area (Å²) >= 11 is 0. The molecule has 1 saturated carbocycles. The Morgan fingerprint density at radius 3 is 2.36 bits per heavy atom. The van der Waals surface area contributed by atoms with Crippen molar-refractivity contribution in [3.8, 4) is 28.4 Å². The number of aromatic nitrogens is 1. The standard InChI is InChI=1S/C20H26N2O6/c1-25-13-8-7-11(18(26-2)19(13)27-3)14-12(9-21)22-16(20(24)28-4)15(14)17(23)10-5-6-10/h7-8,10,17,22-23H,5-6,9,21H2,1-4H3. The third-order valence-electron chi connectivity index (χ3n) is 5.05. The van der Waals surface area contributed by atoms with Gasteiger partial charge in [-0.15, -0.1) is 0 Å². The van der Waals surface area contributed by atoms with Crippen molar-refractivity contribution < 1.29 is 28.8 Å². The van der Waals surface area contributed by atoms with E-state index in [-0.39, 0.29) is 18.2 Å². The topological polar surface area (TPSA) is 116 Å². The van der Waals surface area contributed by atoms with E-state index < -0.39 is 12.1 Å². The number of esters is 1. The van der Waals surface area contributed by atoms with Crippen molar-refractivity contribution in [2.24, 2.45) is 11.7 Å². The highest BCUT2D eigenvalue weighted by Gasteiger charge is 2.38. The van der Waals surface area contributed by atoms with E-state index in [1.807, 2.05) is 0 Å². The summed E-state index contributed by atoms with van der Waals surface area (Å²) in [6.07, 6.45) is 0.972. The predicted octanol–water partition coefficient (Wildman–Crippen LogP) is 2.40. The maximum atomic E-state index is 12.4. The van der Waals surface area contributed by atoms with Crippen LogP contribution in [-0.2, 0) is 11.3 Å². The second-order valence-electron chi connectivity index (χ2n) is 6.63. The van der Waals surface area contributed by atoms with Crippen LogP contribution in [0.25, 0.3) is 11.1 Å². The summed E-state index contributed by atoms with van der Waals surface area (Å²) in [6.45, 7) is 0.133. The molecule has 152 valence electrons. The molecular weight excluding hydrogens is 364 g/mol. The lowest BCUT2D eigenvalue weighted by Gasteiger charge is -2.19. The van der Waals surface area contributed by atoms with Gasteiger partial charge in [-0.05, 0) is 30.9 Å². The predicted molar refractivity (Wildman–Crippen MR) is 103 cm³/mol. The van der Waals surface area contributed by atoms with Crippen molar-refractivity contribution in [2.75, 3.05) is 28.4 Å². The molecule has 1 unspecified atom stereocenters. The number of aromatic amines is 1. The Balaban J connectivity index is 2.32. The normalized spacial score (nSPS) is 14.5. The van der Waals surface area contributed by atoms with Crippen LogP contribution in [-0.4, -0.2) is 44.5 Å². The van der Waals surface area contributed by atoms with Gasteiger partial charge < -0.3 is 34.8 Å². The average molecular weight is 390 g/mol. The zero-order valence-corrected chi connectivity index (χ0v) is 16.5. The molecule has 0 amide bonds. The highest BCUT2D eigenvalue weighted by atomic mass is 16.5. The van der Waals surface area contributed by atoms with Gasteiger partial charge in [0.2, 0.25) is 5.75 Å². The number of hydrogen-bond acceptors (Lipinski definition) is 7. The van der Waals surface area contributed by atoms with E-state index in [4.69, 9.17) is 24.7 Å². The monoisotopic (exact) mass is 390 g/mol. The van der Waals surface area contributed by atoms with Gasteiger partial charge in [0.15, 0.2) is 11.5 Å². The molecule has 1 aliphatic carbocycles. The van der Waals surface area contributed by atoms with E-state index in [0.29, 0.717) is 39.6 Å². The summed E-state index contributed by atoms with van der Waals surface area (Å²) in [5.74, 6) is 0.879. The van der Waals surface area contributed by atoms with Gasteiger partial charge in [0.25, 0.3) is 0 Å². The molecule has 0 saturated heterocycles. The molecule has 4 N–H and O–H groups in total. The van der Waals surface area contributed by atoms with Gasteiger partial charge in [0, 0.05) is 28.9 Å². The molecule has 28 heavy (non-hydrogen) atoms. The van der Waals surface area contributed by atoms with E-state index in [0.717, 1.165) is 12.8 Å².